The smallest absolute Gasteiger partial charge is 0.352 e. The van der Waals surface area contributed by atoms with Gasteiger partial charge in [-0.05, 0) is 37.2 Å². The molecule has 2 saturated carbocycles. The molecule has 3 unspecified atom stereocenters. The van der Waals surface area contributed by atoms with Gasteiger partial charge in [0.05, 0.1) is 0 Å². The number of carboxylic acids is 1. The molecule has 7 heteroatoms. The number of aromatic carboxylic acids is 1. The summed E-state index contributed by atoms with van der Waals surface area (Å²) in [5.74, 6) is -0.0717. The normalized spacial score (nSPS) is 29.8. The molecular weight excluding hydrogens is 268 g/mol. The molecule has 2 aliphatic rings. The minimum atomic E-state index is -3.62. The number of rotatable bonds is 4. The van der Waals surface area contributed by atoms with Crippen LogP contribution in [0.2, 0.25) is 0 Å². The topological polar surface area (TPSA) is 99.3 Å². The third-order valence-electron chi connectivity index (χ3n) is 4.24. The SMILES string of the molecule is O=C(O)c1cc(S(=O)(=O)NC2CC3CCC2C3)c[nH]1. The molecule has 0 amide bonds. The number of hydrogen-bond acceptors (Lipinski definition) is 3. The van der Waals surface area contributed by atoms with Crippen molar-refractivity contribution in [3.63, 3.8) is 0 Å². The van der Waals surface area contributed by atoms with Crippen LogP contribution in [0.15, 0.2) is 17.2 Å². The average Bonchev–Trinajstić information content (AvgIpc) is 3.04. The molecule has 1 aromatic heterocycles. The highest BCUT2D eigenvalue weighted by Crippen LogP contribution is 2.44. The molecular formula is C12H16N2O4S. The first-order chi connectivity index (χ1) is 8.95. The van der Waals surface area contributed by atoms with Crippen molar-refractivity contribution in [1.82, 2.24) is 9.71 Å². The molecule has 19 heavy (non-hydrogen) atoms. The van der Waals surface area contributed by atoms with Gasteiger partial charge in [0.25, 0.3) is 0 Å². The lowest BCUT2D eigenvalue weighted by molar-refractivity contribution is 0.0691. The van der Waals surface area contributed by atoms with Crippen LogP contribution >= 0.6 is 0 Å². The molecule has 0 aromatic carbocycles. The molecule has 0 saturated heterocycles. The van der Waals surface area contributed by atoms with Crippen molar-refractivity contribution < 1.29 is 18.3 Å². The Balaban J connectivity index is 1.77. The lowest BCUT2D eigenvalue weighted by atomic mass is 9.96. The summed E-state index contributed by atoms with van der Waals surface area (Å²) in [4.78, 5) is 13.2. The molecule has 1 heterocycles. The van der Waals surface area contributed by atoms with E-state index >= 15 is 0 Å². The van der Waals surface area contributed by atoms with E-state index < -0.39 is 16.0 Å². The Labute approximate surface area is 111 Å². The summed E-state index contributed by atoms with van der Waals surface area (Å²) in [7, 11) is -3.62. The largest absolute Gasteiger partial charge is 0.477 e. The van der Waals surface area contributed by atoms with Gasteiger partial charge in [-0.25, -0.2) is 17.9 Å². The predicted octanol–water partition coefficient (Wildman–Crippen LogP) is 1.18. The third kappa shape index (κ3) is 2.28. The quantitative estimate of drug-likeness (QED) is 0.773. The zero-order valence-corrected chi connectivity index (χ0v) is 11.1. The van der Waals surface area contributed by atoms with Crippen LogP contribution in [0.3, 0.4) is 0 Å². The van der Waals surface area contributed by atoms with Crippen molar-refractivity contribution in [2.75, 3.05) is 0 Å². The average molecular weight is 284 g/mol. The zero-order valence-electron chi connectivity index (χ0n) is 10.3. The van der Waals surface area contributed by atoms with Crippen molar-refractivity contribution in [3.05, 3.63) is 18.0 Å². The molecule has 6 nitrogen and oxygen atoms in total. The second-order valence-electron chi connectivity index (χ2n) is 5.46. The highest BCUT2D eigenvalue weighted by Gasteiger charge is 2.41. The standard InChI is InChI=1S/C12H16N2O4S/c15-12(16)11-5-9(6-13-11)19(17,18)14-10-4-7-1-2-8(10)3-7/h5-8,10,13-14H,1-4H2,(H,15,16). The Morgan fingerprint density at radius 2 is 2.16 bits per heavy atom. The minimum Gasteiger partial charge on any atom is -0.477 e. The molecule has 0 radical (unpaired) electrons. The zero-order chi connectivity index (χ0) is 13.6. The third-order valence-corrected chi connectivity index (χ3v) is 5.71. The first-order valence-corrected chi connectivity index (χ1v) is 7.88. The number of nitrogens with one attached hydrogen (secondary N) is 2. The van der Waals surface area contributed by atoms with Gasteiger partial charge in [-0.15, -0.1) is 0 Å². The Morgan fingerprint density at radius 3 is 2.68 bits per heavy atom. The number of fused-ring (bicyclic) bond motifs is 2. The van der Waals surface area contributed by atoms with Crippen LogP contribution in [0, 0.1) is 11.8 Å². The van der Waals surface area contributed by atoms with E-state index in [9.17, 15) is 13.2 Å². The first kappa shape index (κ1) is 12.7. The summed E-state index contributed by atoms with van der Waals surface area (Å²) in [6, 6.07) is 1.16. The lowest BCUT2D eigenvalue weighted by Gasteiger charge is -2.22. The lowest BCUT2D eigenvalue weighted by Crippen LogP contribution is -2.38. The molecule has 2 aliphatic carbocycles. The monoisotopic (exact) mass is 284 g/mol. The number of aromatic nitrogens is 1. The molecule has 3 rings (SSSR count). The van der Waals surface area contributed by atoms with Gasteiger partial charge in [0.15, 0.2) is 0 Å². The van der Waals surface area contributed by atoms with Gasteiger partial charge in [0.2, 0.25) is 10.0 Å². The maximum atomic E-state index is 12.2. The second-order valence-corrected chi connectivity index (χ2v) is 7.17. The van der Waals surface area contributed by atoms with Crippen LogP contribution in [0.1, 0.15) is 36.2 Å². The highest BCUT2D eigenvalue weighted by atomic mass is 32.2. The molecule has 104 valence electrons. The van der Waals surface area contributed by atoms with Gasteiger partial charge in [0.1, 0.15) is 10.6 Å². The number of carbonyl (C=O) groups is 1. The minimum absolute atomic E-state index is 0.00641. The van der Waals surface area contributed by atoms with E-state index in [-0.39, 0.29) is 16.6 Å². The number of carboxylic acid groups (broad SMARTS) is 1. The fourth-order valence-corrected chi connectivity index (χ4v) is 4.62. The van der Waals surface area contributed by atoms with Crippen molar-refractivity contribution in [1.29, 1.82) is 0 Å². The van der Waals surface area contributed by atoms with E-state index in [1.54, 1.807) is 0 Å². The second kappa shape index (κ2) is 4.35. The number of hydrogen-bond donors (Lipinski definition) is 3. The van der Waals surface area contributed by atoms with E-state index in [1.165, 1.54) is 12.6 Å². The van der Waals surface area contributed by atoms with Gasteiger partial charge < -0.3 is 10.1 Å². The van der Waals surface area contributed by atoms with Gasteiger partial charge in [-0.2, -0.15) is 0 Å². The van der Waals surface area contributed by atoms with E-state index in [0.29, 0.717) is 11.8 Å². The van der Waals surface area contributed by atoms with Crippen LogP contribution in [0.25, 0.3) is 0 Å². The van der Waals surface area contributed by atoms with Crippen LogP contribution in [-0.4, -0.2) is 30.5 Å². The highest BCUT2D eigenvalue weighted by molar-refractivity contribution is 7.89. The van der Waals surface area contributed by atoms with Crippen LogP contribution < -0.4 is 4.72 Å². The summed E-state index contributed by atoms with van der Waals surface area (Å²) in [6.07, 6.45) is 5.53. The Hall–Kier alpha value is -1.34. The fourth-order valence-electron chi connectivity index (χ4n) is 3.31. The predicted molar refractivity (Wildman–Crippen MR) is 67.3 cm³/mol. The van der Waals surface area contributed by atoms with Gasteiger partial charge in [-0.3, -0.25) is 0 Å². The van der Waals surface area contributed by atoms with Gasteiger partial charge in [0, 0.05) is 12.2 Å². The van der Waals surface area contributed by atoms with Crippen LogP contribution in [0.5, 0.6) is 0 Å². The maximum absolute atomic E-state index is 12.2. The van der Waals surface area contributed by atoms with Crippen molar-refractivity contribution in [2.24, 2.45) is 11.8 Å². The molecule has 2 bridgehead atoms. The van der Waals surface area contributed by atoms with Crippen LogP contribution in [0.4, 0.5) is 0 Å². The Morgan fingerprint density at radius 1 is 1.37 bits per heavy atom. The van der Waals surface area contributed by atoms with E-state index in [2.05, 4.69) is 9.71 Å². The summed E-state index contributed by atoms with van der Waals surface area (Å²) >= 11 is 0. The van der Waals surface area contributed by atoms with Crippen molar-refractivity contribution in [3.8, 4) is 0 Å². The maximum Gasteiger partial charge on any atom is 0.352 e. The van der Waals surface area contributed by atoms with Gasteiger partial charge in [-0.1, -0.05) is 6.42 Å². The molecule has 3 atom stereocenters. The van der Waals surface area contributed by atoms with Crippen LogP contribution in [-0.2, 0) is 10.0 Å². The van der Waals surface area contributed by atoms with Crippen molar-refractivity contribution in [2.45, 2.75) is 36.6 Å². The van der Waals surface area contributed by atoms with E-state index in [1.807, 2.05) is 0 Å². The van der Waals surface area contributed by atoms with E-state index in [0.717, 1.165) is 25.3 Å². The summed E-state index contributed by atoms with van der Waals surface area (Å²) in [5.41, 5.74) is -0.117. The molecule has 0 aliphatic heterocycles. The number of sulfonamides is 1. The summed E-state index contributed by atoms with van der Waals surface area (Å²) in [6.45, 7) is 0. The fraction of sp³-hybridized carbons (Fsp3) is 0.583. The van der Waals surface area contributed by atoms with Gasteiger partial charge >= 0.3 is 5.97 Å². The van der Waals surface area contributed by atoms with Crippen molar-refractivity contribution >= 4 is 16.0 Å². The summed E-state index contributed by atoms with van der Waals surface area (Å²) in [5, 5.41) is 8.79. The molecule has 2 fully saturated rings. The summed E-state index contributed by atoms with van der Waals surface area (Å²) < 4.78 is 27.1. The Kier molecular flexibility index (Phi) is 2.90. The number of H-pyrrole nitrogens is 1. The Bertz CT molecular complexity index is 607. The molecule has 0 spiro atoms. The molecule has 1 aromatic rings. The number of aromatic amines is 1. The first-order valence-electron chi connectivity index (χ1n) is 6.40. The van der Waals surface area contributed by atoms with E-state index in [4.69, 9.17) is 5.11 Å². The molecule has 3 N–H and O–H groups in total.